The first-order valence-corrected chi connectivity index (χ1v) is 9.68. The SMILES string of the molecule is CCCC(Nc1nc(C)nc2sc3c(c12)CCC3)c1ccccc1. The highest BCUT2D eigenvalue weighted by Gasteiger charge is 2.23. The summed E-state index contributed by atoms with van der Waals surface area (Å²) < 4.78 is 0. The monoisotopic (exact) mass is 337 g/mol. The second-order valence-corrected chi connectivity index (χ2v) is 7.64. The summed E-state index contributed by atoms with van der Waals surface area (Å²) in [6, 6.07) is 11.0. The Hall–Kier alpha value is -1.94. The lowest BCUT2D eigenvalue weighted by atomic mass is 10.0. The lowest BCUT2D eigenvalue weighted by molar-refractivity contribution is 0.675. The molecule has 1 aromatic carbocycles. The third-order valence-corrected chi connectivity index (χ3v) is 5.95. The summed E-state index contributed by atoms with van der Waals surface area (Å²) in [4.78, 5) is 12.1. The maximum atomic E-state index is 4.78. The van der Waals surface area contributed by atoms with Crippen molar-refractivity contribution in [1.82, 2.24) is 9.97 Å². The van der Waals surface area contributed by atoms with Crippen LogP contribution in [0, 0.1) is 6.92 Å². The van der Waals surface area contributed by atoms with Gasteiger partial charge in [0.1, 0.15) is 16.5 Å². The van der Waals surface area contributed by atoms with E-state index in [1.807, 2.05) is 18.3 Å². The van der Waals surface area contributed by atoms with E-state index >= 15 is 0 Å². The van der Waals surface area contributed by atoms with Crippen molar-refractivity contribution in [2.24, 2.45) is 0 Å². The Bertz CT molecular complexity index is 854. The van der Waals surface area contributed by atoms with Gasteiger partial charge in [0, 0.05) is 4.88 Å². The van der Waals surface area contributed by atoms with E-state index in [0.717, 1.165) is 29.3 Å². The molecule has 1 aliphatic carbocycles. The van der Waals surface area contributed by atoms with Crippen molar-refractivity contribution in [3.8, 4) is 0 Å². The van der Waals surface area contributed by atoms with Gasteiger partial charge in [-0.25, -0.2) is 9.97 Å². The number of nitrogens with zero attached hydrogens (tertiary/aromatic N) is 2. The molecule has 1 unspecified atom stereocenters. The summed E-state index contributed by atoms with van der Waals surface area (Å²) in [5.74, 6) is 1.88. The zero-order valence-electron chi connectivity index (χ0n) is 14.3. The fourth-order valence-corrected chi connectivity index (χ4v) is 4.97. The molecule has 0 spiro atoms. The summed E-state index contributed by atoms with van der Waals surface area (Å²) in [6.45, 7) is 4.23. The molecule has 4 rings (SSSR count). The predicted molar refractivity (Wildman–Crippen MR) is 102 cm³/mol. The topological polar surface area (TPSA) is 37.8 Å². The van der Waals surface area contributed by atoms with Crippen LogP contribution in [0.1, 0.15) is 54.1 Å². The van der Waals surface area contributed by atoms with Gasteiger partial charge in [-0.15, -0.1) is 11.3 Å². The van der Waals surface area contributed by atoms with Gasteiger partial charge in [0.05, 0.1) is 11.4 Å². The molecule has 3 aromatic rings. The van der Waals surface area contributed by atoms with Crippen LogP contribution in [0.5, 0.6) is 0 Å². The van der Waals surface area contributed by atoms with Crippen LogP contribution in [-0.4, -0.2) is 9.97 Å². The molecule has 4 heteroatoms. The number of hydrogen-bond acceptors (Lipinski definition) is 4. The van der Waals surface area contributed by atoms with Gasteiger partial charge in [-0.1, -0.05) is 43.7 Å². The standard InChI is InChI=1S/C20H23N3S/c1-3-8-16(14-9-5-4-6-10-14)23-19-18-15-11-7-12-17(15)24-20(18)22-13(2)21-19/h4-6,9-10,16H,3,7-8,11-12H2,1-2H3,(H,21,22,23). The molecule has 0 amide bonds. The maximum absolute atomic E-state index is 4.78. The van der Waals surface area contributed by atoms with Crippen LogP contribution >= 0.6 is 11.3 Å². The minimum Gasteiger partial charge on any atom is -0.363 e. The third kappa shape index (κ3) is 2.80. The normalized spacial score (nSPS) is 14.8. The van der Waals surface area contributed by atoms with Crippen LogP contribution in [0.3, 0.4) is 0 Å². The minimum absolute atomic E-state index is 0.297. The van der Waals surface area contributed by atoms with Crippen molar-refractivity contribution >= 4 is 27.4 Å². The highest BCUT2D eigenvalue weighted by atomic mass is 32.1. The summed E-state index contributed by atoms with van der Waals surface area (Å²) in [5.41, 5.74) is 2.82. The first-order valence-electron chi connectivity index (χ1n) is 8.86. The van der Waals surface area contributed by atoms with Crippen molar-refractivity contribution in [1.29, 1.82) is 0 Å². The lowest BCUT2D eigenvalue weighted by Gasteiger charge is -2.20. The van der Waals surface area contributed by atoms with Gasteiger partial charge in [-0.2, -0.15) is 0 Å². The second kappa shape index (κ2) is 6.52. The van der Waals surface area contributed by atoms with Gasteiger partial charge < -0.3 is 5.32 Å². The highest BCUT2D eigenvalue weighted by molar-refractivity contribution is 7.19. The van der Waals surface area contributed by atoms with E-state index in [9.17, 15) is 0 Å². The molecule has 0 fully saturated rings. The quantitative estimate of drug-likeness (QED) is 0.673. The number of fused-ring (bicyclic) bond motifs is 3. The number of benzene rings is 1. The fourth-order valence-electron chi connectivity index (χ4n) is 3.67. The number of aromatic nitrogens is 2. The number of hydrogen-bond donors (Lipinski definition) is 1. The second-order valence-electron chi connectivity index (χ2n) is 6.55. The summed E-state index contributed by atoms with van der Waals surface area (Å²) in [5, 5.41) is 5.02. The molecule has 124 valence electrons. The van der Waals surface area contributed by atoms with Crippen LogP contribution in [0.25, 0.3) is 10.2 Å². The maximum Gasteiger partial charge on any atom is 0.139 e. The molecule has 0 saturated carbocycles. The Labute approximate surface area is 147 Å². The van der Waals surface area contributed by atoms with Gasteiger partial charge in [0.15, 0.2) is 0 Å². The Morgan fingerprint density at radius 1 is 1.17 bits per heavy atom. The zero-order chi connectivity index (χ0) is 16.5. The van der Waals surface area contributed by atoms with Gasteiger partial charge in [-0.3, -0.25) is 0 Å². The van der Waals surface area contributed by atoms with E-state index in [-0.39, 0.29) is 0 Å². The molecule has 2 heterocycles. The molecular weight excluding hydrogens is 314 g/mol. The molecule has 3 nitrogen and oxygen atoms in total. The Kier molecular flexibility index (Phi) is 4.23. The van der Waals surface area contributed by atoms with E-state index in [1.165, 1.54) is 40.7 Å². The first-order chi connectivity index (χ1) is 11.8. The Morgan fingerprint density at radius 3 is 2.79 bits per heavy atom. The van der Waals surface area contributed by atoms with Gasteiger partial charge in [0.25, 0.3) is 0 Å². The van der Waals surface area contributed by atoms with Crippen LogP contribution in [0.2, 0.25) is 0 Å². The van der Waals surface area contributed by atoms with Crippen LogP contribution in [-0.2, 0) is 12.8 Å². The average Bonchev–Trinajstić information content (AvgIpc) is 3.15. The molecule has 0 saturated heterocycles. The lowest BCUT2D eigenvalue weighted by Crippen LogP contribution is -2.12. The van der Waals surface area contributed by atoms with Crippen molar-refractivity contribution in [3.63, 3.8) is 0 Å². The third-order valence-electron chi connectivity index (χ3n) is 4.77. The molecule has 0 aliphatic heterocycles. The van der Waals surface area contributed by atoms with Crippen molar-refractivity contribution in [3.05, 3.63) is 52.2 Å². The largest absolute Gasteiger partial charge is 0.363 e. The molecule has 0 radical (unpaired) electrons. The fraction of sp³-hybridized carbons (Fsp3) is 0.400. The van der Waals surface area contributed by atoms with E-state index in [0.29, 0.717) is 6.04 Å². The average molecular weight is 337 g/mol. The van der Waals surface area contributed by atoms with E-state index in [2.05, 4.69) is 42.6 Å². The molecular formula is C20H23N3S. The molecule has 24 heavy (non-hydrogen) atoms. The number of anilines is 1. The Morgan fingerprint density at radius 2 is 2.00 bits per heavy atom. The van der Waals surface area contributed by atoms with E-state index < -0.39 is 0 Å². The van der Waals surface area contributed by atoms with Gasteiger partial charge >= 0.3 is 0 Å². The molecule has 1 N–H and O–H groups in total. The smallest absolute Gasteiger partial charge is 0.139 e. The Balaban J connectivity index is 1.77. The summed E-state index contributed by atoms with van der Waals surface area (Å²) in [6.07, 6.45) is 5.87. The summed E-state index contributed by atoms with van der Waals surface area (Å²) >= 11 is 1.86. The number of aryl methyl sites for hydroxylation is 3. The van der Waals surface area contributed by atoms with Gasteiger partial charge in [-0.05, 0) is 43.7 Å². The first kappa shape index (κ1) is 15.6. The number of rotatable bonds is 5. The van der Waals surface area contributed by atoms with Crippen LogP contribution < -0.4 is 5.32 Å². The van der Waals surface area contributed by atoms with Crippen molar-refractivity contribution < 1.29 is 0 Å². The van der Waals surface area contributed by atoms with Crippen LogP contribution in [0.15, 0.2) is 30.3 Å². The molecule has 1 aliphatic rings. The number of thiophene rings is 1. The molecule has 0 bridgehead atoms. The van der Waals surface area contributed by atoms with E-state index in [1.54, 1.807) is 0 Å². The van der Waals surface area contributed by atoms with Crippen molar-refractivity contribution in [2.75, 3.05) is 5.32 Å². The highest BCUT2D eigenvalue weighted by Crippen LogP contribution is 2.40. The number of nitrogens with one attached hydrogen (secondary N) is 1. The van der Waals surface area contributed by atoms with Crippen LogP contribution in [0.4, 0.5) is 5.82 Å². The summed E-state index contributed by atoms with van der Waals surface area (Å²) in [7, 11) is 0. The molecule has 1 atom stereocenters. The predicted octanol–water partition coefficient (Wildman–Crippen LogP) is 5.44. The zero-order valence-corrected chi connectivity index (χ0v) is 15.1. The minimum atomic E-state index is 0.297. The van der Waals surface area contributed by atoms with Gasteiger partial charge in [0.2, 0.25) is 0 Å². The molecule has 2 aromatic heterocycles. The van der Waals surface area contributed by atoms with E-state index in [4.69, 9.17) is 9.97 Å². The van der Waals surface area contributed by atoms with Crippen molar-refractivity contribution in [2.45, 2.75) is 52.0 Å².